The zero-order valence-corrected chi connectivity index (χ0v) is 18.1. The van der Waals surface area contributed by atoms with Crippen LogP contribution in [0.2, 0.25) is 0 Å². The Morgan fingerprint density at radius 2 is 1.97 bits per heavy atom. The summed E-state index contributed by atoms with van der Waals surface area (Å²) in [5.41, 5.74) is 3.02. The van der Waals surface area contributed by atoms with Gasteiger partial charge in [0.1, 0.15) is 12.4 Å². The molecule has 2 aliphatic heterocycles. The van der Waals surface area contributed by atoms with Crippen LogP contribution in [0.25, 0.3) is 5.69 Å². The number of likely N-dealkylation sites (tertiary alicyclic amines) is 1. The second kappa shape index (κ2) is 9.63. The van der Waals surface area contributed by atoms with Crippen LogP contribution in [0.4, 0.5) is 0 Å². The van der Waals surface area contributed by atoms with Crippen molar-refractivity contribution in [1.82, 2.24) is 9.47 Å². The third kappa shape index (κ3) is 5.21. The molecule has 2 aliphatic rings. The van der Waals surface area contributed by atoms with Gasteiger partial charge in [0.15, 0.2) is 0 Å². The summed E-state index contributed by atoms with van der Waals surface area (Å²) in [7, 11) is 0. The summed E-state index contributed by atoms with van der Waals surface area (Å²) in [6.07, 6.45) is 7.33. The van der Waals surface area contributed by atoms with Crippen LogP contribution in [0.5, 0.6) is 5.75 Å². The van der Waals surface area contributed by atoms with Crippen LogP contribution < -0.4 is 10.3 Å². The summed E-state index contributed by atoms with van der Waals surface area (Å²) < 4.78 is 7.38. The van der Waals surface area contributed by atoms with Crippen molar-refractivity contribution >= 4 is 17.3 Å². The molecular weight excluding hydrogens is 398 g/mol. The Kier molecular flexibility index (Phi) is 6.70. The van der Waals surface area contributed by atoms with Gasteiger partial charge in [-0.1, -0.05) is 30.7 Å². The third-order valence-corrected chi connectivity index (χ3v) is 6.16. The number of rotatable bonds is 8. The van der Waals surface area contributed by atoms with Crippen LogP contribution in [-0.4, -0.2) is 41.4 Å². The van der Waals surface area contributed by atoms with Gasteiger partial charge in [0.2, 0.25) is 0 Å². The Morgan fingerprint density at radius 1 is 1.17 bits per heavy atom. The molecule has 5 nitrogen and oxygen atoms in total. The summed E-state index contributed by atoms with van der Waals surface area (Å²) in [5.74, 6) is 1.38. The Balaban J connectivity index is 1.33. The van der Waals surface area contributed by atoms with Gasteiger partial charge in [-0.05, 0) is 61.9 Å². The van der Waals surface area contributed by atoms with Gasteiger partial charge in [0.05, 0.1) is 5.71 Å². The van der Waals surface area contributed by atoms with E-state index >= 15 is 0 Å². The molecule has 1 fully saturated rings. The number of hydrogen-bond acceptors (Lipinski definition) is 4. The molecule has 0 amide bonds. The van der Waals surface area contributed by atoms with Gasteiger partial charge in [0, 0.05) is 42.3 Å². The van der Waals surface area contributed by atoms with E-state index in [-0.39, 0.29) is 5.56 Å². The number of hydrogen-bond donors (Lipinski definition) is 0. The molecule has 3 heterocycles. The minimum atomic E-state index is -0.108. The standard InChI is InChI=1S/C24H28ClN3O2/c1-2-27-15-19(16-27)4-3-18-5-9-22(10-6-18)28-12-11-23(13-24(28)29)30-17-21-8-7-20(25)14-26-21/h5-6,9-14,19H,2-4,7-8,15-17H2,1H3. The van der Waals surface area contributed by atoms with Gasteiger partial charge in [-0.15, -0.1) is 0 Å². The monoisotopic (exact) mass is 425 g/mol. The summed E-state index contributed by atoms with van der Waals surface area (Å²) >= 11 is 5.92. The molecular formula is C24H28ClN3O2. The van der Waals surface area contributed by atoms with Crippen molar-refractivity contribution in [2.24, 2.45) is 10.9 Å². The molecule has 0 saturated carbocycles. The molecule has 1 saturated heterocycles. The smallest absolute Gasteiger partial charge is 0.258 e. The van der Waals surface area contributed by atoms with Crippen molar-refractivity contribution in [3.63, 3.8) is 0 Å². The summed E-state index contributed by atoms with van der Waals surface area (Å²) in [4.78, 5) is 19.3. The lowest BCUT2D eigenvalue weighted by atomic mass is 9.92. The Morgan fingerprint density at radius 3 is 2.63 bits per heavy atom. The molecule has 6 heteroatoms. The van der Waals surface area contributed by atoms with Gasteiger partial charge in [-0.2, -0.15) is 0 Å². The number of aromatic nitrogens is 1. The number of nitrogens with zero attached hydrogens (tertiary/aromatic N) is 3. The quantitative estimate of drug-likeness (QED) is 0.629. The number of aliphatic imine (C=N–C) groups is 1. The zero-order chi connectivity index (χ0) is 20.9. The lowest BCUT2D eigenvalue weighted by Gasteiger charge is -2.38. The maximum absolute atomic E-state index is 12.6. The van der Waals surface area contributed by atoms with E-state index < -0.39 is 0 Å². The fourth-order valence-electron chi connectivity index (χ4n) is 3.91. The fourth-order valence-corrected chi connectivity index (χ4v) is 4.05. The van der Waals surface area contributed by atoms with E-state index in [9.17, 15) is 4.79 Å². The van der Waals surface area contributed by atoms with Crippen LogP contribution in [0.1, 0.15) is 31.7 Å². The van der Waals surface area contributed by atoms with Crippen molar-refractivity contribution < 1.29 is 4.74 Å². The highest BCUT2D eigenvalue weighted by Crippen LogP contribution is 2.21. The lowest BCUT2D eigenvalue weighted by Crippen LogP contribution is -2.46. The second-order valence-corrected chi connectivity index (χ2v) is 8.54. The number of allylic oxidation sites excluding steroid dienone is 1. The first-order valence-electron chi connectivity index (χ1n) is 10.7. The van der Waals surface area contributed by atoms with Crippen molar-refractivity contribution in [2.45, 2.75) is 32.6 Å². The predicted molar refractivity (Wildman–Crippen MR) is 122 cm³/mol. The Bertz CT molecular complexity index is 988. The SMILES string of the molecule is CCN1CC(CCc2ccc(-n3ccc(OCC4=NC=C(Cl)CC4)cc3=O)cc2)C1. The van der Waals surface area contributed by atoms with Gasteiger partial charge in [-0.25, -0.2) is 0 Å². The molecule has 0 spiro atoms. The number of aryl methyl sites for hydroxylation is 1. The van der Waals surface area contributed by atoms with E-state index in [0.29, 0.717) is 12.4 Å². The number of pyridine rings is 1. The molecule has 158 valence electrons. The molecule has 30 heavy (non-hydrogen) atoms. The molecule has 2 aromatic rings. The first kappa shape index (κ1) is 20.9. The van der Waals surface area contributed by atoms with E-state index in [4.69, 9.17) is 16.3 Å². The average Bonchev–Trinajstić information content (AvgIpc) is 2.73. The molecule has 0 radical (unpaired) electrons. The van der Waals surface area contributed by atoms with E-state index in [0.717, 1.165) is 48.2 Å². The lowest BCUT2D eigenvalue weighted by molar-refractivity contribution is 0.101. The van der Waals surface area contributed by atoms with Gasteiger partial charge in [0.25, 0.3) is 5.56 Å². The summed E-state index contributed by atoms with van der Waals surface area (Å²) in [5, 5.41) is 0.763. The molecule has 1 aromatic heterocycles. The number of halogens is 1. The summed E-state index contributed by atoms with van der Waals surface area (Å²) in [6.45, 7) is 6.21. The molecule has 0 atom stereocenters. The minimum absolute atomic E-state index is 0.108. The van der Waals surface area contributed by atoms with Gasteiger partial charge in [-0.3, -0.25) is 14.4 Å². The normalized spacial score (nSPS) is 17.3. The molecule has 0 unspecified atom stereocenters. The molecule has 4 rings (SSSR count). The second-order valence-electron chi connectivity index (χ2n) is 8.05. The highest BCUT2D eigenvalue weighted by molar-refractivity contribution is 6.29. The minimum Gasteiger partial charge on any atom is -0.487 e. The Labute approximate surface area is 182 Å². The largest absolute Gasteiger partial charge is 0.487 e. The van der Waals surface area contributed by atoms with Crippen LogP contribution in [0.3, 0.4) is 0 Å². The van der Waals surface area contributed by atoms with Crippen LogP contribution >= 0.6 is 11.6 Å². The first-order chi connectivity index (χ1) is 14.6. The number of benzene rings is 1. The van der Waals surface area contributed by atoms with Crippen LogP contribution in [-0.2, 0) is 6.42 Å². The van der Waals surface area contributed by atoms with E-state index in [1.165, 1.54) is 31.1 Å². The average molecular weight is 426 g/mol. The maximum Gasteiger partial charge on any atom is 0.258 e. The third-order valence-electron chi connectivity index (χ3n) is 5.87. The Hall–Kier alpha value is -2.37. The number of ether oxygens (including phenoxy) is 1. The maximum atomic E-state index is 12.6. The van der Waals surface area contributed by atoms with Crippen molar-refractivity contribution in [3.8, 4) is 11.4 Å². The molecule has 1 aromatic carbocycles. The first-order valence-corrected chi connectivity index (χ1v) is 11.1. The van der Waals surface area contributed by atoms with Gasteiger partial charge >= 0.3 is 0 Å². The molecule has 0 aliphatic carbocycles. The summed E-state index contributed by atoms with van der Waals surface area (Å²) in [6, 6.07) is 11.6. The highest BCUT2D eigenvalue weighted by Gasteiger charge is 2.24. The topological polar surface area (TPSA) is 46.8 Å². The van der Waals surface area contributed by atoms with Crippen LogP contribution in [0.15, 0.2) is 63.6 Å². The molecule has 0 bridgehead atoms. The molecule has 0 N–H and O–H groups in total. The van der Waals surface area contributed by atoms with Crippen molar-refractivity contribution in [2.75, 3.05) is 26.2 Å². The predicted octanol–water partition coefficient (Wildman–Crippen LogP) is 4.42. The van der Waals surface area contributed by atoms with Gasteiger partial charge < -0.3 is 9.64 Å². The van der Waals surface area contributed by atoms with Crippen LogP contribution in [0, 0.1) is 5.92 Å². The fraction of sp³-hybridized carbons (Fsp3) is 0.417. The van der Waals surface area contributed by atoms with Crippen molar-refractivity contribution in [3.05, 3.63) is 69.7 Å². The van der Waals surface area contributed by atoms with E-state index in [1.807, 2.05) is 18.2 Å². The zero-order valence-electron chi connectivity index (χ0n) is 17.4. The van der Waals surface area contributed by atoms with E-state index in [2.05, 4.69) is 28.9 Å². The van der Waals surface area contributed by atoms with Crippen molar-refractivity contribution in [1.29, 1.82) is 0 Å². The van der Waals surface area contributed by atoms with E-state index in [1.54, 1.807) is 17.0 Å². The highest BCUT2D eigenvalue weighted by atomic mass is 35.5.